The van der Waals surface area contributed by atoms with E-state index in [2.05, 4.69) is 14.8 Å². The van der Waals surface area contributed by atoms with Crippen LogP contribution in [0.3, 0.4) is 0 Å². The predicted octanol–water partition coefficient (Wildman–Crippen LogP) is 0.433. The van der Waals surface area contributed by atoms with Gasteiger partial charge in [0.15, 0.2) is 5.82 Å². The summed E-state index contributed by atoms with van der Waals surface area (Å²) in [6.45, 7) is 0.0227. The lowest BCUT2D eigenvalue weighted by Gasteiger charge is -2.06. The Kier molecular flexibility index (Phi) is 3.39. The van der Waals surface area contributed by atoms with Crippen molar-refractivity contribution in [2.75, 3.05) is 0 Å². The molecule has 0 radical (unpaired) electrons. The summed E-state index contributed by atoms with van der Waals surface area (Å²) in [6.07, 6.45) is 2.77. The van der Waals surface area contributed by atoms with Gasteiger partial charge in [0.25, 0.3) is 10.0 Å². The number of nitrogens with zero attached hydrogens (tertiary/aromatic N) is 3. The lowest BCUT2D eigenvalue weighted by atomic mass is 10.4. The first-order valence-electron chi connectivity index (χ1n) is 5.08. The van der Waals surface area contributed by atoms with Crippen LogP contribution in [0.5, 0.6) is 0 Å². The van der Waals surface area contributed by atoms with Crippen molar-refractivity contribution in [2.45, 2.75) is 11.6 Å². The summed E-state index contributed by atoms with van der Waals surface area (Å²) < 4.78 is 40.8. The highest BCUT2D eigenvalue weighted by molar-refractivity contribution is 7.89. The quantitative estimate of drug-likeness (QED) is 0.874. The summed E-state index contributed by atoms with van der Waals surface area (Å²) in [4.78, 5) is 3.52. The zero-order valence-electron chi connectivity index (χ0n) is 9.54. The van der Waals surface area contributed by atoms with Crippen LogP contribution in [0.1, 0.15) is 5.69 Å². The largest absolute Gasteiger partial charge is 0.271 e. The number of hydrogen-bond donors (Lipinski definition) is 1. The molecule has 2 aromatic heterocycles. The Hall–Kier alpha value is -1.80. The zero-order chi connectivity index (χ0) is 13.2. The molecule has 0 saturated heterocycles. The second-order valence-corrected chi connectivity index (χ2v) is 5.24. The summed E-state index contributed by atoms with van der Waals surface area (Å²) in [6, 6.07) is 4.04. The molecule has 0 spiro atoms. The van der Waals surface area contributed by atoms with Gasteiger partial charge in [-0.25, -0.2) is 22.5 Å². The molecular formula is C10H11FN4O2S. The highest BCUT2D eigenvalue weighted by Gasteiger charge is 2.20. The van der Waals surface area contributed by atoms with Crippen LogP contribution in [-0.4, -0.2) is 23.2 Å². The molecule has 0 saturated carbocycles. The standard InChI is InChI=1S/C10H11FN4O2S/c1-15-8(4-6-13-15)7-14-18(16,17)10-9(11)3-2-5-12-10/h2-6,14H,7H2,1H3. The highest BCUT2D eigenvalue weighted by atomic mass is 32.2. The molecule has 6 nitrogen and oxygen atoms in total. The molecule has 0 fully saturated rings. The van der Waals surface area contributed by atoms with E-state index in [1.54, 1.807) is 19.3 Å². The Labute approximate surface area is 104 Å². The third kappa shape index (κ3) is 2.54. The number of hydrogen-bond acceptors (Lipinski definition) is 4. The molecule has 18 heavy (non-hydrogen) atoms. The maximum Gasteiger partial charge on any atom is 0.261 e. The number of rotatable bonds is 4. The van der Waals surface area contributed by atoms with Crippen molar-refractivity contribution < 1.29 is 12.8 Å². The molecule has 0 aliphatic rings. The van der Waals surface area contributed by atoms with Gasteiger partial charge >= 0.3 is 0 Å². The predicted molar refractivity (Wildman–Crippen MR) is 61.4 cm³/mol. The third-order valence-corrected chi connectivity index (χ3v) is 3.68. The number of aryl methyl sites for hydroxylation is 1. The van der Waals surface area contributed by atoms with E-state index in [9.17, 15) is 12.8 Å². The molecule has 0 aliphatic heterocycles. The minimum Gasteiger partial charge on any atom is -0.271 e. The van der Waals surface area contributed by atoms with E-state index in [1.165, 1.54) is 16.9 Å². The molecule has 96 valence electrons. The van der Waals surface area contributed by atoms with Crippen LogP contribution in [-0.2, 0) is 23.6 Å². The molecule has 0 unspecified atom stereocenters. The van der Waals surface area contributed by atoms with E-state index >= 15 is 0 Å². The Balaban J connectivity index is 2.19. The van der Waals surface area contributed by atoms with Crippen molar-refractivity contribution >= 4 is 10.0 Å². The first kappa shape index (κ1) is 12.7. The maximum atomic E-state index is 13.3. The molecule has 8 heteroatoms. The van der Waals surface area contributed by atoms with E-state index in [-0.39, 0.29) is 6.54 Å². The summed E-state index contributed by atoms with van der Waals surface area (Å²) in [5.74, 6) is -0.880. The van der Waals surface area contributed by atoms with Gasteiger partial charge in [-0.05, 0) is 18.2 Å². The van der Waals surface area contributed by atoms with Gasteiger partial charge in [0.05, 0.1) is 12.2 Å². The lowest BCUT2D eigenvalue weighted by molar-refractivity contribution is 0.542. The average Bonchev–Trinajstić information content (AvgIpc) is 2.73. The Bertz CT molecular complexity index is 653. The van der Waals surface area contributed by atoms with Crippen molar-refractivity contribution in [1.29, 1.82) is 0 Å². The smallest absolute Gasteiger partial charge is 0.261 e. The first-order chi connectivity index (χ1) is 8.50. The number of nitrogens with one attached hydrogen (secondary N) is 1. The van der Waals surface area contributed by atoms with Crippen molar-refractivity contribution in [3.63, 3.8) is 0 Å². The molecule has 1 N–H and O–H groups in total. The highest BCUT2D eigenvalue weighted by Crippen LogP contribution is 2.10. The van der Waals surface area contributed by atoms with E-state index in [4.69, 9.17) is 0 Å². The Morgan fingerprint density at radius 1 is 1.39 bits per heavy atom. The lowest BCUT2D eigenvalue weighted by Crippen LogP contribution is -2.26. The van der Waals surface area contributed by atoms with Crippen LogP contribution in [0.2, 0.25) is 0 Å². The van der Waals surface area contributed by atoms with Gasteiger partial charge in [-0.3, -0.25) is 4.68 Å². The molecule has 0 amide bonds. The second kappa shape index (κ2) is 4.83. The van der Waals surface area contributed by atoms with Crippen molar-refractivity contribution in [3.05, 3.63) is 42.1 Å². The SMILES string of the molecule is Cn1nccc1CNS(=O)(=O)c1ncccc1F. The molecule has 0 aromatic carbocycles. The number of aromatic nitrogens is 3. The van der Waals surface area contributed by atoms with Crippen LogP contribution in [0.4, 0.5) is 4.39 Å². The fourth-order valence-electron chi connectivity index (χ4n) is 1.38. The van der Waals surface area contributed by atoms with E-state index in [1.807, 2.05) is 0 Å². The van der Waals surface area contributed by atoms with E-state index in [0.29, 0.717) is 5.69 Å². The van der Waals surface area contributed by atoms with Crippen molar-refractivity contribution in [1.82, 2.24) is 19.5 Å². The Morgan fingerprint density at radius 3 is 2.78 bits per heavy atom. The van der Waals surface area contributed by atoms with Gasteiger partial charge in [0.2, 0.25) is 5.03 Å². The molecule has 2 rings (SSSR count). The maximum absolute atomic E-state index is 13.3. The number of sulfonamides is 1. The Morgan fingerprint density at radius 2 is 2.17 bits per heavy atom. The zero-order valence-corrected chi connectivity index (χ0v) is 10.4. The first-order valence-corrected chi connectivity index (χ1v) is 6.56. The van der Waals surface area contributed by atoms with Crippen molar-refractivity contribution in [3.8, 4) is 0 Å². The topological polar surface area (TPSA) is 76.9 Å². The third-order valence-electron chi connectivity index (χ3n) is 2.35. The van der Waals surface area contributed by atoms with Gasteiger partial charge in [-0.1, -0.05) is 0 Å². The van der Waals surface area contributed by atoms with Gasteiger partial charge in [0, 0.05) is 19.4 Å². The minimum atomic E-state index is -3.96. The van der Waals surface area contributed by atoms with Crippen LogP contribution in [0.15, 0.2) is 35.6 Å². The number of halogens is 1. The molecule has 2 heterocycles. The minimum absolute atomic E-state index is 0.0227. The van der Waals surface area contributed by atoms with E-state index < -0.39 is 20.9 Å². The van der Waals surface area contributed by atoms with Crippen molar-refractivity contribution in [2.24, 2.45) is 7.05 Å². The average molecular weight is 270 g/mol. The fourth-order valence-corrected chi connectivity index (χ4v) is 2.38. The molecule has 0 aliphatic carbocycles. The van der Waals surface area contributed by atoms with Crippen LogP contribution >= 0.6 is 0 Å². The van der Waals surface area contributed by atoms with Gasteiger partial charge < -0.3 is 0 Å². The number of pyridine rings is 1. The summed E-state index contributed by atoms with van der Waals surface area (Å²) in [5.41, 5.74) is 0.662. The van der Waals surface area contributed by atoms with Crippen LogP contribution < -0.4 is 4.72 Å². The van der Waals surface area contributed by atoms with Gasteiger partial charge in [0.1, 0.15) is 0 Å². The monoisotopic (exact) mass is 270 g/mol. The molecule has 2 aromatic rings. The molecule has 0 atom stereocenters. The van der Waals surface area contributed by atoms with Gasteiger partial charge in [-0.2, -0.15) is 5.10 Å². The second-order valence-electron chi connectivity index (χ2n) is 3.56. The fraction of sp³-hybridized carbons (Fsp3) is 0.200. The molecular weight excluding hydrogens is 259 g/mol. The van der Waals surface area contributed by atoms with Crippen LogP contribution in [0.25, 0.3) is 0 Å². The molecule has 0 bridgehead atoms. The van der Waals surface area contributed by atoms with E-state index in [0.717, 1.165) is 6.07 Å². The summed E-state index contributed by atoms with van der Waals surface area (Å²) in [7, 11) is -2.28. The summed E-state index contributed by atoms with van der Waals surface area (Å²) in [5, 5.41) is 3.30. The summed E-state index contributed by atoms with van der Waals surface area (Å²) >= 11 is 0. The normalized spacial score (nSPS) is 11.7. The van der Waals surface area contributed by atoms with Crippen LogP contribution in [0, 0.1) is 5.82 Å². The van der Waals surface area contributed by atoms with Gasteiger partial charge in [-0.15, -0.1) is 0 Å².